The highest BCUT2D eigenvalue weighted by Gasteiger charge is 1.90. The Labute approximate surface area is 72.6 Å². The molecular formula is C8H16N2S. The van der Waals surface area contributed by atoms with E-state index in [4.69, 9.17) is 0 Å². The molecule has 64 valence electrons. The van der Waals surface area contributed by atoms with Crippen LogP contribution in [-0.4, -0.2) is 6.26 Å². The van der Waals surface area contributed by atoms with Crippen LogP contribution in [0.1, 0.15) is 5.56 Å². The van der Waals surface area contributed by atoms with Crippen LogP contribution in [0.4, 0.5) is 0 Å². The Kier molecular flexibility index (Phi) is 7.41. The smallest absolute Gasteiger partial charge is 0.00983 e. The highest BCUT2D eigenvalue weighted by Crippen LogP contribution is 2.17. The summed E-state index contributed by atoms with van der Waals surface area (Å²) in [6.45, 7) is 2.13. The van der Waals surface area contributed by atoms with Crippen LogP contribution in [0.25, 0.3) is 0 Å². The van der Waals surface area contributed by atoms with Gasteiger partial charge in [-0.3, -0.25) is 0 Å². The normalized spacial score (nSPS) is 7.82. The molecule has 0 spiro atoms. The summed E-state index contributed by atoms with van der Waals surface area (Å²) in [6.07, 6.45) is 2.10. The molecule has 6 N–H and O–H groups in total. The van der Waals surface area contributed by atoms with Crippen LogP contribution < -0.4 is 12.3 Å². The van der Waals surface area contributed by atoms with Gasteiger partial charge in [0.25, 0.3) is 0 Å². The molecule has 1 rings (SSSR count). The minimum atomic E-state index is 0. The maximum Gasteiger partial charge on any atom is 0.00983 e. The minimum Gasteiger partial charge on any atom is -0.344 e. The van der Waals surface area contributed by atoms with Gasteiger partial charge in [0.05, 0.1) is 0 Å². The van der Waals surface area contributed by atoms with Gasteiger partial charge in [-0.05, 0) is 24.8 Å². The molecule has 0 aliphatic carbocycles. The van der Waals surface area contributed by atoms with E-state index in [9.17, 15) is 0 Å². The standard InChI is InChI=1S/C8H10S.2H3N/c1-7-5-3-4-6-8(7)9-2;;/h3-6H,1-2H3;2*1H3. The Bertz CT molecular complexity index is 201. The molecule has 0 radical (unpaired) electrons. The molecule has 0 saturated carbocycles. The summed E-state index contributed by atoms with van der Waals surface area (Å²) in [5.74, 6) is 0. The lowest BCUT2D eigenvalue weighted by Gasteiger charge is -1.97. The van der Waals surface area contributed by atoms with Crippen LogP contribution in [0.3, 0.4) is 0 Å². The molecule has 3 heteroatoms. The summed E-state index contributed by atoms with van der Waals surface area (Å²) < 4.78 is 0. The van der Waals surface area contributed by atoms with Crippen molar-refractivity contribution in [3.8, 4) is 0 Å². The third-order valence-corrected chi connectivity index (χ3v) is 2.21. The fraction of sp³-hybridized carbons (Fsp3) is 0.250. The van der Waals surface area contributed by atoms with Crippen LogP contribution in [0.2, 0.25) is 0 Å². The van der Waals surface area contributed by atoms with E-state index in [0.29, 0.717) is 0 Å². The van der Waals surface area contributed by atoms with E-state index in [0.717, 1.165) is 0 Å². The van der Waals surface area contributed by atoms with E-state index >= 15 is 0 Å². The Balaban J connectivity index is 0. The van der Waals surface area contributed by atoms with Gasteiger partial charge < -0.3 is 12.3 Å². The van der Waals surface area contributed by atoms with Crippen molar-refractivity contribution in [2.45, 2.75) is 11.8 Å². The van der Waals surface area contributed by atoms with Crippen molar-refractivity contribution in [2.75, 3.05) is 6.26 Å². The first kappa shape index (κ1) is 13.1. The van der Waals surface area contributed by atoms with Crippen LogP contribution >= 0.6 is 11.8 Å². The van der Waals surface area contributed by atoms with Gasteiger partial charge in [0.2, 0.25) is 0 Å². The lowest BCUT2D eigenvalue weighted by molar-refractivity contribution is 1.31. The summed E-state index contributed by atoms with van der Waals surface area (Å²) >= 11 is 1.80. The molecule has 0 unspecified atom stereocenters. The van der Waals surface area contributed by atoms with Gasteiger partial charge >= 0.3 is 0 Å². The fourth-order valence-electron chi connectivity index (χ4n) is 0.785. The molecule has 11 heavy (non-hydrogen) atoms. The van der Waals surface area contributed by atoms with E-state index in [1.165, 1.54) is 10.5 Å². The SMILES string of the molecule is CSc1ccccc1C.N.N. The van der Waals surface area contributed by atoms with Crippen LogP contribution in [0, 0.1) is 6.92 Å². The third kappa shape index (κ3) is 3.41. The molecule has 0 fully saturated rings. The zero-order valence-electron chi connectivity index (χ0n) is 7.13. The number of benzene rings is 1. The molecule has 1 aromatic rings. The second-order valence-electron chi connectivity index (χ2n) is 1.97. The topological polar surface area (TPSA) is 70.0 Å². The quantitative estimate of drug-likeness (QED) is 0.640. The fourth-order valence-corrected chi connectivity index (χ4v) is 1.39. The molecule has 2 nitrogen and oxygen atoms in total. The van der Waals surface area contributed by atoms with Crippen molar-refractivity contribution in [3.05, 3.63) is 29.8 Å². The number of rotatable bonds is 1. The summed E-state index contributed by atoms with van der Waals surface area (Å²) in [7, 11) is 0. The maximum atomic E-state index is 2.14. The van der Waals surface area contributed by atoms with Gasteiger partial charge in [-0.25, -0.2) is 0 Å². The van der Waals surface area contributed by atoms with Crippen molar-refractivity contribution in [3.63, 3.8) is 0 Å². The van der Waals surface area contributed by atoms with Crippen LogP contribution in [0.15, 0.2) is 29.2 Å². The molecular weight excluding hydrogens is 156 g/mol. The van der Waals surface area contributed by atoms with Crippen LogP contribution in [-0.2, 0) is 0 Å². The second-order valence-corrected chi connectivity index (χ2v) is 2.82. The molecule has 0 heterocycles. The Morgan fingerprint density at radius 3 is 2.00 bits per heavy atom. The highest BCUT2D eigenvalue weighted by molar-refractivity contribution is 7.98. The largest absolute Gasteiger partial charge is 0.344 e. The monoisotopic (exact) mass is 172 g/mol. The number of aryl methyl sites for hydroxylation is 1. The molecule has 0 atom stereocenters. The van der Waals surface area contributed by atoms with Gasteiger partial charge in [-0.15, -0.1) is 11.8 Å². The Morgan fingerprint density at radius 1 is 1.09 bits per heavy atom. The lowest BCUT2D eigenvalue weighted by atomic mass is 10.2. The van der Waals surface area contributed by atoms with E-state index < -0.39 is 0 Å². The molecule has 0 aliphatic heterocycles. The average molecular weight is 172 g/mol. The molecule has 1 aromatic carbocycles. The van der Waals surface area contributed by atoms with Gasteiger partial charge in [-0.2, -0.15) is 0 Å². The maximum absolute atomic E-state index is 2.14. The van der Waals surface area contributed by atoms with Crippen molar-refractivity contribution >= 4 is 11.8 Å². The number of thioether (sulfide) groups is 1. The molecule has 0 aromatic heterocycles. The van der Waals surface area contributed by atoms with Crippen molar-refractivity contribution in [2.24, 2.45) is 0 Å². The van der Waals surface area contributed by atoms with Gasteiger partial charge in [0, 0.05) is 4.90 Å². The van der Waals surface area contributed by atoms with E-state index in [1.54, 1.807) is 11.8 Å². The first-order chi connectivity index (χ1) is 4.34. The lowest BCUT2D eigenvalue weighted by Crippen LogP contribution is -1.74. The van der Waals surface area contributed by atoms with E-state index in [-0.39, 0.29) is 12.3 Å². The van der Waals surface area contributed by atoms with Gasteiger partial charge in [0.15, 0.2) is 0 Å². The van der Waals surface area contributed by atoms with Crippen LogP contribution in [0.5, 0.6) is 0 Å². The number of hydrogen-bond acceptors (Lipinski definition) is 3. The summed E-state index contributed by atoms with van der Waals surface area (Å²) in [5, 5.41) is 0. The average Bonchev–Trinajstić information content (AvgIpc) is 1.89. The Hall–Kier alpha value is -0.510. The molecule has 0 amide bonds. The first-order valence-electron chi connectivity index (χ1n) is 2.94. The van der Waals surface area contributed by atoms with Gasteiger partial charge in [0.1, 0.15) is 0 Å². The van der Waals surface area contributed by atoms with E-state index in [2.05, 4.69) is 37.4 Å². The second kappa shape index (κ2) is 6.22. The number of hydrogen-bond donors (Lipinski definition) is 2. The summed E-state index contributed by atoms with van der Waals surface area (Å²) in [4.78, 5) is 1.37. The first-order valence-corrected chi connectivity index (χ1v) is 4.16. The Morgan fingerprint density at radius 2 is 1.64 bits per heavy atom. The van der Waals surface area contributed by atoms with Crippen molar-refractivity contribution in [1.29, 1.82) is 0 Å². The van der Waals surface area contributed by atoms with Gasteiger partial charge in [-0.1, -0.05) is 18.2 Å². The molecule has 0 aliphatic rings. The molecule has 0 saturated heterocycles. The zero-order valence-corrected chi connectivity index (χ0v) is 7.95. The minimum absolute atomic E-state index is 0. The predicted molar refractivity (Wildman–Crippen MR) is 53.0 cm³/mol. The highest BCUT2D eigenvalue weighted by atomic mass is 32.2. The van der Waals surface area contributed by atoms with Crippen molar-refractivity contribution < 1.29 is 0 Å². The third-order valence-electron chi connectivity index (χ3n) is 1.31. The summed E-state index contributed by atoms with van der Waals surface area (Å²) in [6, 6.07) is 8.40. The molecule has 0 bridgehead atoms. The predicted octanol–water partition coefficient (Wildman–Crippen LogP) is 3.04. The van der Waals surface area contributed by atoms with Crippen molar-refractivity contribution in [1.82, 2.24) is 12.3 Å². The van der Waals surface area contributed by atoms with E-state index in [1.807, 2.05) is 0 Å². The summed E-state index contributed by atoms with van der Waals surface area (Å²) in [5.41, 5.74) is 1.37. The zero-order chi connectivity index (χ0) is 6.69.